The molecule has 3 heterocycles. The topological polar surface area (TPSA) is 94.5 Å². The summed E-state index contributed by atoms with van der Waals surface area (Å²) in [6, 6.07) is 5.80. The van der Waals surface area contributed by atoms with Crippen LogP contribution in [0.2, 0.25) is 0 Å². The van der Waals surface area contributed by atoms with Gasteiger partial charge in [-0.05, 0) is 32.4 Å². The van der Waals surface area contributed by atoms with Gasteiger partial charge in [0.15, 0.2) is 0 Å². The van der Waals surface area contributed by atoms with Crippen molar-refractivity contribution in [3.8, 4) is 12.0 Å². The zero-order chi connectivity index (χ0) is 20.1. The van der Waals surface area contributed by atoms with Crippen LogP contribution in [0.25, 0.3) is 5.88 Å². The maximum atomic E-state index is 13.2. The summed E-state index contributed by atoms with van der Waals surface area (Å²) < 4.78 is 7.45. The molecule has 0 saturated carbocycles. The normalized spacial score (nSPS) is 15.1. The fraction of sp³-hybridized carbons (Fsp3) is 0.450. The fourth-order valence-electron chi connectivity index (χ4n) is 3.49. The molecule has 0 unspecified atom stereocenters. The van der Waals surface area contributed by atoms with Crippen LogP contribution in [0.3, 0.4) is 0 Å². The van der Waals surface area contributed by atoms with Crippen LogP contribution < -0.4 is 5.32 Å². The number of nitriles is 1. The van der Waals surface area contributed by atoms with E-state index in [1.165, 1.54) is 0 Å². The Morgan fingerprint density at radius 2 is 1.96 bits per heavy atom. The molecule has 1 aliphatic rings. The molecule has 1 aliphatic heterocycles. The van der Waals surface area contributed by atoms with E-state index in [4.69, 9.17) is 4.42 Å². The van der Waals surface area contributed by atoms with E-state index in [-0.39, 0.29) is 17.4 Å². The average molecular weight is 383 g/mol. The summed E-state index contributed by atoms with van der Waals surface area (Å²) in [7, 11) is 0. The van der Waals surface area contributed by atoms with E-state index in [0.717, 1.165) is 13.0 Å². The highest BCUT2D eigenvalue weighted by molar-refractivity contribution is 5.98. The van der Waals surface area contributed by atoms with E-state index in [1.807, 2.05) is 19.1 Å². The van der Waals surface area contributed by atoms with Gasteiger partial charge in [-0.3, -0.25) is 19.1 Å². The first kappa shape index (κ1) is 19.7. The third-order valence-corrected chi connectivity index (χ3v) is 4.85. The number of rotatable bonds is 5. The third-order valence-electron chi connectivity index (χ3n) is 4.85. The number of aromatic nitrogens is 1. The maximum Gasteiger partial charge on any atom is 0.258 e. The van der Waals surface area contributed by atoms with Crippen molar-refractivity contribution < 1.29 is 14.0 Å². The van der Waals surface area contributed by atoms with Gasteiger partial charge >= 0.3 is 0 Å². The zero-order valence-electron chi connectivity index (χ0n) is 16.3. The molecule has 0 bridgehead atoms. The molecule has 8 nitrogen and oxygen atoms in total. The fourth-order valence-corrected chi connectivity index (χ4v) is 3.49. The minimum Gasteiger partial charge on any atom is -0.443 e. The second kappa shape index (κ2) is 8.76. The Hall–Kier alpha value is -3.05. The van der Waals surface area contributed by atoms with Crippen LogP contribution in [0.5, 0.6) is 0 Å². The number of furan rings is 1. The number of nitrogens with one attached hydrogen (secondary N) is 1. The molecule has 0 atom stereocenters. The Morgan fingerprint density at radius 1 is 1.21 bits per heavy atom. The molecule has 0 aliphatic carbocycles. The summed E-state index contributed by atoms with van der Waals surface area (Å²) >= 11 is 0. The van der Waals surface area contributed by atoms with Crippen LogP contribution in [0.4, 0.5) is 0 Å². The van der Waals surface area contributed by atoms with Gasteiger partial charge in [0.05, 0.1) is 6.54 Å². The summed E-state index contributed by atoms with van der Waals surface area (Å²) in [5.41, 5.74) is 0.575. The molecule has 0 radical (unpaired) electrons. The van der Waals surface area contributed by atoms with Crippen LogP contribution >= 0.6 is 0 Å². The number of hydrogen-bond donors (Lipinski definition) is 1. The summed E-state index contributed by atoms with van der Waals surface area (Å²) in [5.74, 6) is 0.599. The Kier molecular flexibility index (Phi) is 6.16. The lowest BCUT2D eigenvalue weighted by Gasteiger charge is -2.21. The van der Waals surface area contributed by atoms with E-state index in [1.54, 1.807) is 28.8 Å². The van der Waals surface area contributed by atoms with E-state index in [2.05, 4.69) is 16.3 Å². The van der Waals surface area contributed by atoms with Gasteiger partial charge in [-0.25, -0.2) is 0 Å². The van der Waals surface area contributed by atoms with Crippen LogP contribution in [-0.4, -0.2) is 65.4 Å². The Morgan fingerprint density at radius 3 is 2.64 bits per heavy atom. The molecule has 1 saturated heterocycles. The molecular formula is C20H25N5O3. The first-order valence-electron chi connectivity index (χ1n) is 9.50. The SMILES string of the molecule is CCNC(=O)CN1CCCN(C(=O)c2c(C)oc(-n3cccc3)c2C#N)CC1. The molecule has 0 spiro atoms. The van der Waals surface area contributed by atoms with Gasteiger partial charge in [-0.2, -0.15) is 5.26 Å². The highest BCUT2D eigenvalue weighted by atomic mass is 16.4. The van der Waals surface area contributed by atoms with Crippen molar-refractivity contribution in [2.45, 2.75) is 20.3 Å². The number of hydrogen-bond acceptors (Lipinski definition) is 5. The summed E-state index contributed by atoms with van der Waals surface area (Å²) in [6.07, 6.45) is 4.32. The molecule has 2 amide bonds. The van der Waals surface area contributed by atoms with Gasteiger partial charge < -0.3 is 14.6 Å². The quantitative estimate of drug-likeness (QED) is 0.845. The van der Waals surface area contributed by atoms with Crippen LogP contribution in [0.1, 0.15) is 35.0 Å². The van der Waals surface area contributed by atoms with Crippen molar-refractivity contribution in [2.24, 2.45) is 0 Å². The summed E-state index contributed by atoms with van der Waals surface area (Å²) in [6.45, 7) is 7.01. The van der Waals surface area contributed by atoms with E-state index >= 15 is 0 Å². The van der Waals surface area contributed by atoms with Crippen LogP contribution in [0, 0.1) is 18.3 Å². The molecule has 1 fully saturated rings. The van der Waals surface area contributed by atoms with Crippen molar-refractivity contribution in [2.75, 3.05) is 39.3 Å². The molecule has 2 aromatic rings. The zero-order valence-corrected chi connectivity index (χ0v) is 16.3. The molecule has 1 N–H and O–H groups in total. The predicted octanol–water partition coefficient (Wildman–Crippen LogP) is 1.53. The molecule has 28 heavy (non-hydrogen) atoms. The first-order chi connectivity index (χ1) is 13.5. The molecule has 8 heteroatoms. The minimum absolute atomic E-state index is 0.00362. The smallest absolute Gasteiger partial charge is 0.258 e. The lowest BCUT2D eigenvalue weighted by Crippen LogP contribution is -2.40. The Labute approximate surface area is 164 Å². The highest BCUT2D eigenvalue weighted by Gasteiger charge is 2.29. The molecular weight excluding hydrogens is 358 g/mol. The maximum absolute atomic E-state index is 13.2. The lowest BCUT2D eigenvalue weighted by molar-refractivity contribution is -0.122. The van der Waals surface area contributed by atoms with Gasteiger partial charge in [0.25, 0.3) is 5.91 Å². The number of amides is 2. The van der Waals surface area contributed by atoms with Crippen LogP contribution in [-0.2, 0) is 4.79 Å². The first-order valence-corrected chi connectivity index (χ1v) is 9.50. The second-order valence-corrected chi connectivity index (χ2v) is 6.79. The number of carbonyl (C=O) groups excluding carboxylic acids is 2. The van der Waals surface area contributed by atoms with Gasteiger partial charge in [0.2, 0.25) is 11.8 Å². The standard InChI is InChI=1S/C20H25N5O3/c1-3-22-17(26)14-23-7-6-10-24(12-11-23)19(27)18-15(2)28-20(16(18)13-21)25-8-4-5-9-25/h4-5,8-9H,3,6-7,10-12,14H2,1-2H3,(H,22,26). The number of nitrogens with zero attached hydrogens (tertiary/aromatic N) is 4. The van der Waals surface area contributed by atoms with Gasteiger partial charge in [0, 0.05) is 45.1 Å². The monoisotopic (exact) mass is 383 g/mol. The van der Waals surface area contributed by atoms with Crippen molar-refractivity contribution in [3.05, 3.63) is 41.4 Å². The van der Waals surface area contributed by atoms with E-state index in [9.17, 15) is 14.9 Å². The molecule has 3 rings (SSSR count). The molecule has 2 aromatic heterocycles. The minimum atomic E-state index is -0.198. The summed E-state index contributed by atoms with van der Waals surface area (Å²) in [5, 5.41) is 12.5. The van der Waals surface area contributed by atoms with Crippen molar-refractivity contribution in [3.63, 3.8) is 0 Å². The van der Waals surface area contributed by atoms with Gasteiger partial charge in [-0.1, -0.05) is 0 Å². The number of carbonyl (C=O) groups is 2. The summed E-state index contributed by atoms with van der Waals surface area (Å²) in [4.78, 5) is 28.8. The largest absolute Gasteiger partial charge is 0.443 e. The number of likely N-dealkylation sites (N-methyl/N-ethyl adjacent to an activating group) is 1. The van der Waals surface area contributed by atoms with Crippen molar-refractivity contribution in [1.82, 2.24) is 19.7 Å². The third kappa shape index (κ3) is 4.10. The lowest BCUT2D eigenvalue weighted by atomic mass is 10.1. The van der Waals surface area contributed by atoms with E-state index < -0.39 is 0 Å². The van der Waals surface area contributed by atoms with Crippen molar-refractivity contribution >= 4 is 11.8 Å². The van der Waals surface area contributed by atoms with Crippen LogP contribution in [0.15, 0.2) is 28.9 Å². The van der Waals surface area contributed by atoms with Gasteiger partial charge in [0.1, 0.15) is 23.0 Å². The number of aryl methyl sites for hydroxylation is 1. The highest BCUT2D eigenvalue weighted by Crippen LogP contribution is 2.27. The van der Waals surface area contributed by atoms with Crippen molar-refractivity contribution in [1.29, 1.82) is 5.26 Å². The predicted molar refractivity (Wildman–Crippen MR) is 103 cm³/mol. The Balaban J connectivity index is 1.76. The Bertz CT molecular complexity index is 879. The molecule has 0 aromatic carbocycles. The van der Waals surface area contributed by atoms with E-state index in [0.29, 0.717) is 49.9 Å². The molecule has 148 valence electrons. The average Bonchev–Trinajstić information content (AvgIpc) is 3.24. The van der Waals surface area contributed by atoms with Gasteiger partial charge in [-0.15, -0.1) is 0 Å². The second-order valence-electron chi connectivity index (χ2n) is 6.79.